The van der Waals surface area contributed by atoms with Crippen LogP contribution in [0.3, 0.4) is 0 Å². The molecule has 0 radical (unpaired) electrons. The lowest BCUT2D eigenvalue weighted by Gasteiger charge is -1.87. The van der Waals surface area contributed by atoms with E-state index in [0.29, 0.717) is 0 Å². The maximum atomic E-state index is 8.56. The van der Waals surface area contributed by atoms with Crippen LogP contribution in [-0.4, -0.2) is 5.11 Å². The van der Waals surface area contributed by atoms with Gasteiger partial charge in [-0.05, 0) is 34.8 Å². The number of rotatable bonds is 3. The van der Waals surface area contributed by atoms with Crippen molar-refractivity contribution in [1.82, 2.24) is 0 Å². The standard InChI is InChI=1S/C6H11BrO/c1-2-3-4-5-6(7)8/h5,8H,2-4H2,1H3/b6-5+. The van der Waals surface area contributed by atoms with Gasteiger partial charge in [0.2, 0.25) is 0 Å². The maximum Gasteiger partial charge on any atom is 0.154 e. The molecule has 0 aliphatic carbocycles. The topological polar surface area (TPSA) is 20.2 Å². The average Bonchev–Trinajstić information content (AvgIpc) is 1.66. The highest BCUT2D eigenvalue weighted by Crippen LogP contribution is 2.03. The maximum absolute atomic E-state index is 8.56. The molecule has 2 heteroatoms. The second-order valence-electron chi connectivity index (χ2n) is 1.67. The summed E-state index contributed by atoms with van der Waals surface area (Å²) in [6.45, 7) is 2.12. The van der Waals surface area contributed by atoms with E-state index < -0.39 is 0 Å². The Balaban J connectivity index is 3.03. The van der Waals surface area contributed by atoms with E-state index in [0.717, 1.165) is 12.8 Å². The molecule has 0 fully saturated rings. The first-order valence-corrected chi connectivity index (χ1v) is 3.61. The number of aliphatic hydroxyl groups is 1. The summed E-state index contributed by atoms with van der Waals surface area (Å²) in [6.07, 6.45) is 5.06. The van der Waals surface area contributed by atoms with Gasteiger partial charge in [0, 0.05) is 0 Å². The van der Waals surface area contributed by atoms with Crippen molar-refractivity contribution in [3.63, 3.8) is 0 Å². The van der Waals surface area contributed by atoms with Crippen LogP contribution in [0.4, 0.5) is 0 Å². The number of halogens is 1. The lowest BCUT2D eigenvalue weighted by molar-refractivity contribution is 0.457. The number of aliphatic hydroxyl groups excluding tert-OH is 1. The molecule has 8 heavy (non-hydrogen) atoms. The highest BCUT2D eigenvalue weighted by molar-refractivity contribution is 9.11. The van der Waals surface area contributed by atoms with Crippen molar-refractivity contribution < 1.29 is 5.11 Å². The zero-order valence-corrected chi connectivity index (χ0v) is 6.61. The van der Waals surface area contributed by atoms with Crippen molar-refractivity contribution in [2.75, 3.05) is 0 Å². The van der Waals surface area contributed by atoms with Gasteiger partial charge in [-0.2, -0.15) is 0 Å². The van der Waals surface area contributed by atoms with E-state index in [4.69, 9.17) is 5.11 Å². The summed E-state index contributed by atoms with van der Waals surface area (Å²) < 4.78 is 0.256. The quantitative estimate of drug-likeness (QED) is 0.521. The van der Waals surface area contributed by atoms with Crippen LogP contribution in [0.15, 0.2) is 10.7 Å². The summed E-state index contributed by atoms with van der Waals surface area (Å²) in [5.41, 5.74) is 0. The van der Waals surface area contributed by atoms with E-state index >= 15 is 0 Å². The minimum atomic E-state index is 0.256. The Morgan fingerprint density at radius 1 is 1.75 bits per heavy atom. The van der Waals surface area contributed by atoms with Crippen molar-refractivity contribution in [3.8, 4) is 0 Å². The van der Waals surface area contributed by atoms with Crippen molar-refractivity contribution in [2.45, 2.75) is 26.2 Å². The summed E-state index contributed by atoms with van der Waals surface area (Å²) in [5.74, 6) is 0. The molecule has 0 aliphatic rings. The number of allylic oxidation sites excluding steroid dienone is 1. The van der Waals surface area contributed by atoms with E-state index in [1.165, 1.54) is 6.42 Å². The van der Waals surface area contributed by atoms with Gasteiger partial charge in [-0.25, -0.2) is 0 Å². The van der Waals surface area contributed by atoms with Gasteiger partial charge < -0.3 is 5.11 Å². The Kier molecular flexibility index (Phi) is 5.18. The largest absolute Gasteiger partial charge is 0.502 e. The highest BCUT2D eigenvalue weighted by atomic mass is 79.9. The Hall–Kier alpha value is 0.0200. The summed E-state index contributed by atoms with van der Waals surface area (Å²) in [6, 6.07) is 0. The molecule has 0 unspecified atom stereocenters. The van der Waals surface area contributed by atoms with Crippen LogP contribution in [0.5, 0.6) is 0 Å². The van der Waals surface area contributed by atoms with Gasteiger partial charge in [0.25, 0.3) is 0 Å². The van der Waals surface area contributed by atoms with E-state index in [2.05, 4.69) is 22.9 Å². The van der Waals surface area contributed by atoms with E-state index in [9.17, 15) is 0 Å². The van der Waals surface area contributed by atoms with Gasteiger partial charge in [-0.3, -0.25) is 0 Å². The molecule has 0 spiro atoms. The molecule has 0 amide bonds. The van der Waals surface area contributed by atoms with E-state index in [1.54, 1.807) is 6.08 Å². The molecule has 0 rings (SSSR count). The number of hydrogen-bond donors (Lipinski definition) is 1. The Labute approximate surface area is 58.5 Å². The van der Waals surface area contributed by atoms with Crippen molar-refractivity contribution in [2.24, 2.45) is 0 Å². The smallest absolute Gasteiger partial charge is 0.154 e. The predicted molar refractivity (Wildman–Crippen MR) is 39.2 cm³/mol. The minimum absolute atomic E-state index is 0.256. The first-order chi connectivity index (χ1) is 3.77. The summed E-state index contributed by atoms with van der Waals surface area (Å²) in [7, 11) is 0. The van der Waals surface area contributed by atoms with Crippen molar-refractivity contribution >= 4 is 15.9 Å². The molecule has 0 aromatic heterocycles. The van der Waals surface area contributed by atoms with Gasteiger partial charge in [-0.1, -0.05) is 13.3 Å². The highest BCUT2D eigenvalue weighted by Gasteiger charge is 1.81. The molecule has 0 saturated carbocycles. The van der Waals surface area contributed by atoms with Crippen LogP contribution in [0.25, 0.3) is 0 Å². The molecule has 0 aliphatic heterocycles. The first kappa shape index (κ1) is 8.02. The third-order valence-corrected chi connectivity index (χ3v) is 1.19. The van der Waals surface area contributed by atoms with Crippen LogP contribution < -0.4 is 0 Å². The molecule has 0 aromatic rings. The molecule has 1 nitrogen and oxygen atoms in total. The summed E-state index contributed by atoms with van der Waals surface area (Å²) in [5, 5.41) is 8.56. The molecule has 48 valence electrons. The zero-order valence-electron chi connectivity index (χ0n) is 5.02. The number of hydrogen-bond acceptors (Lipinski definition) is 1. The van der Waals surface area contributed by atoms with Crippen LogP contribution in [0, 0.1) is 0 Å². The second-order valence-corrected chi connectivity index (χ2v) is 2.48. The van der Waals surface area contributed by atoms with Gasteiger partial charge in [0.05, 0.1) is 0 Å². The molecule has 0 atom stereocenters. The van der Waals surface area contributed by atoms with Gasteiger partial charge >= 0.3 is 0 Å². The van der Waals surface area contributed by atoms with Gasteiger partial charge in [0.15, 0.2) is 4.67 Å². The van der Waals surface area contributed by atoms with Crippen LogP contribution in [-0.2, 0) is 0 Å². The monoisotopic (exact) mass is 178 g/mol. The Morgan fingerprint density at radius 2 is 2.38 bits per heavy atom. The van der Waals surface area contributed by atoms with Crippen LogP contribution >= 0.6 is 15.9 Å². The SMILES string of the molecule is CCCC/C=C(/O)Br. The molecule has 0 heterocycles. The third kappa shape index (κ3) is 6.02. The van der Waals surface area contributed by atoms with E-state index in [-0.39, 0.29) is 4.67 Å². The molecule has 0 saturated heterocycles. The summed E-state index contributed by atoms with van der Waals surface area (Å²) >= 11 is 2.92. The zero-order chi connectivity index (χ0) is 6.41. The van der Waals surface area contributed by atoms with Crippen LogP contribution in [0.2, 0.25) is 0 Å². The fourth-order valence-corrected chi connectivity index (χ4v) is 0.654. The Morgan fingerprint density at radius 3 is 2.75 bits per heavy atom. The first-order valence-electron chi connectivity index (χ1n) is 2.82. The van der Waals surface area contributed by atoms with Gasteiger partial charge in [-0.15, -0.1) is 0 Å². The fourth-order valence-electron chi connectivity index (χ4n) is 0.425. The lowest BCUT2D eigenvalue weighted by Crippen LogP contribution is -1.68. The summed E-state index contributed by atoms with van der Waals surface area (Å²) in [4.78, 5) is 0. The van der Waals surface area contributed by atoms with Crippen LogP contribution in [0.1, 0.15) is 26.2 Å². The average molecular weight is 179 g/mol. The molecular formula is C6H11BrO. The molecule has 0 bridgehead atoms. The predicted octanol–water partition coefficient (Wildman–Crippen LogP) is 2.97. The Bertz CT molecular complexity index is 74.6. The van der Waals surface area contributed by atoms with Crippen molar-refractivity contribution in [1.29, 1.82) is 0 Å². The lowest BCUT2D eigenvalue weighted by atomic mass is 10.2. The minimum Gasteiger partial charge on any atom is -0.502 e. The second kappa shape index (κ2) is 5.16. The molecular weight excluding hydrogens is 168 g/mol. The fraction of sp³-hybridized carbons (Fsp3) is 0.667. The number of unbranched alkanes of at least 4 members (excludes halogenated alkanes) is 2. The van der Waals surface area contributed by atoms with Gasteiger partial charge in [0.1, 0.15) is 0 Å². The molecule has 1 N–H and O–H groups in total. The normalized spacial score (nSPS) is 12.0. The van der Waals surface area contributed by atoms with Crippen molar-refractivity contribution in [3.05, 3.63) is 10.7 Å². The van der Waals surface area contributed by atoms with E-state index in [1.807, 2.05) is 0 Å². The third-order valence-electron chi connectivity index (χ3n) is 0.870. The molecule has 0 aromatic carbocycles.